The first-order valence-electron chi connectivity index (χ1n) is 9.18. The summed E-state index contributed by atoms with van der Waals surface area (Å²) in [4.78, 5) is 40.0. The standard InChI is InChI=1S/C20H21N3O3S/c1-2-16-15-10-12-27-17(15)9-11-22(16)20(26)13-3-5-14(6-4-13)23-19(25)8-7-18(24)21-23/h3-6,10,12,16H,2,7-9,11H2,1H3,(H,21,24). The van der Waals surface area contributed by atoms with Crippen LogP contribution in [0.15, 0.2) is 35.7 Å². The van der Waals surface area contributed by atoms with Crippen molar-refractivity contribution in [2.75, 3.05) is 11.6 Å². The number of amides is 3. The van der Waals surface area contributed by atoms with E-state index in [1.807, 2.05) is 4.90 Å². The highest BCUT2D eigenvalue weighted by atomic mass is 32.1. The molecule has 0 aliphatic carbocycles. The van der Waals surface area contributed by atoms with Crippen molar-refractivity contribution in [2.45, 2.75) is 38.6 Å². The van der Waals surface area contributed by atoms with Gasteiger partial charge in [-0.15, -0.1) is 11.3 Å². The Kier molecular flexibility index (Phi) is 4.70. The van der Waals surface area contributed by atoms with Gasteiger partial charge in [-0.1, -0.05) is 6.92 Å². The Balaban J connectivity index is 1.54. The first-order chi connectivity index (χ1) is 13.1. The largest absolute Gasteiger partial charge is 0.331 e. The van der Waals surface area contributed by atoms with E-state index in [0.717, 1.165) is 12.8 Å². The molecular weight excluding hydrogens is 362 g/mol. The second kappa shape index (κ2) is 7.15. The van der Waals surface area contributed by atoms with E-state index in [0.29, 0.717) is 17.8 Å². The summed E-state index contributed by atoms with van der Waals surface area (Å²) in [6.07, 6.45) is 2.18. The SMILES string of the molecule is CCC1c2ccsc2CCN1C(=O)c1ccc(N2NC(=O)CCC2=O)cc1. The van der Waals surface area contributed by atoms with Gasteiger partial charge in [-0.2, -0.15) is 0 Å². The molecule has 1 unspecified atom stereocenters. The van der Waals surface area contributed by atoms with Crippen molar-refractivity contribution < 1.29 is 14.4 Å². The smallest absolute Gasteiger partial charge is 0.254 e. The first kappa shape index (κ1) is 17.7. The molecule has 1 aromatic heterocycles. The highest BCUT2D eigenvalue weighted by Crippen LogP contribution is 2.36. The van der Waals surface area contributed by atoms with Crippen molar-refractivity contribution in [2.24, 2.45) is 0 Å². The summed E-state index contributed by atoms with van der Waals surface area (Å²) < 4.78 is 0. The Morgan fingerprint density at radius 1 is 1.15 bits per heavy atom. The maximum Gasteiger partial charge on any atom is 0.254 e. The number of carbonyl (C=O) groups excluding carboxylic acids is 3. The fraction of sp³-hybridized carbons (Fsp3) is 0.350. The van der Waals surface area contributed by atoms with Gasteiger partial charge in [0.2, 0.25) is 11.8 Å². The number of anilines is 1. The van der Waals surface area contributed by atoms with E-state index >= 15 is 0 Å². The first-order valence-corrected chi connectivity index (χ1v) is 10.1. The van der Waals surface area contributed by atoms with Crippen LogP contribution in [-0.4, -0.2) is 29.2 Å². The second-order valence-electron chi connectivity index (χ2n) is 6.78. The highest BCUT2D eigenvalue weighted by Gasteiger charge is 2.31. The number of carbonyl (C=O) groups is 3. The molecule has 0 spiro atoms. The van der Waals surface area contributed by atoms with Gasteiger partial charge >= 0.3 is 0 Å². The van der Waals surface area contributed by atoms with E-state index in [1.165, 1.54) is 15.4 Å². The number of nitrogens with one attached hydrogen (secondary N) is 1. The zero-order chi connectivity index (χ0) is 19.0. The fourth-order valence-electron chi connectivity index (χ4n) is 3.78. The lowest BCUT2D eigenvalue weighted by molar-refractivity contribution is -0.130. The summed E-state index contributed by atoms with van der Waals surface area (Å²) in [5, 5.41) is 3.35. The van der Waals surface area contributed by atoms with Crippen molar-refractivity contribution in [3.05, 3.63) is 51.7 Å². The van der Waals surface area contributed by atoms with Crippen molar-refractivity contribution in [3.63, 3.8) is 0 Å². The quantitative estimate of drug-likeness (QED) is 0.886. The summed E-state index contributed by atoms with van der Waals surface area (Å²) in [5.74, 6) is -0.333. The number of nitrogens with zero attached hydrogens (tertiary/aromatic N) is 2. The Morgan fingerprint density at radius 2 is 1.93 bits per heavy atom. The maximum absolute atomic E-state index is 13.1. The van der Waals surface area contributed by atoms with Crippen LogP contribution in [0.25, 0.3) is 0 Å². The van der Waals surface area contributed by atoms with E-state index in [1.54, 1.807) is 35.6 Å². The van der Waals surface area contributed by atoms with Gasteiger partial charge in [0, 0.05) is 29.8 Å². The summed E-state index contributed by atoms with van der Waals surface area (Å²) in [6, 6.07) is 9.09. The number of benzene rings is 1. The number of rotatable bonds is 3. The van der Waals surface area contributed by atoms with Crippen LogP contribution < -0.4 is 10.4 Å². The second-order valence-corrected chi connectivity index (χ2v) is 7.78. The molecule has 2 aliphatic heterocycles. The number of fused-ring (bicyclic) bond motifs is 1. The van der Waals surface area contributed by atoms with Crippen LogP contribution in [0.3, 0.4) is 0 Å². The fourth-order valence-corrected chi connectivity index (χ4v) is 4.71. The van der Waals surface area contributed by atoms with E-state index in [2.05, 4.69) is 23.8 Å². The third kappa shape index (κ3) is 3.23. The molecule has 1 atom stereocenters. The van der Waals surface area contributed by atoms with Crippen molar-refractivity contribution in [3.8, 4) is 0 Å². The zero-order valence-corrected chi connectivity index (χ0v) is 15.9. The molecule has 6 nitrogen and oxygen atoms in total. The van der Waals surface area contributed by atoms with Crippen LogP contribution in [0.4, 0.5) is 5.69 Å². The summed E-state index contributed by atoms with van der Waals surface area (Å²) in [7, 11) is 0. The summed E-state index contributed by atoms with van der Waals surface area (Å²) in [6.45, 7) is 2.82. The topological polar surface area (TPSA) is 69.7 Å². The van der Waals surface area contributed by atoms with Crippen LogP contribution in [0.5, 0.6) is 0 Å². The van der Waals surface area contributed by atoms with Gasteiger partial charge in [-0.05, 0) is 54.1 Å². The Bertz CT molecular complexity index is 890. The molecule has 0 bridgehead atoms. The molecule has 1 saturated heterocycles. The minimum Gasteiger partial charge on any atom is -0.331 e. The van der Waals surface area contributed by atoms with Crippen LogP contribution >= 0.6 is 11.3 Å². The average Bonchev–Trinajstić information content (AvgIpc) is 3.17. The lowest BCUT2D eigenvalue weighted by Crippen LogP contribution is -2.50. The monoisotopic (exact) mass is 383 g/mol. The lowest BCUT2D eigenvalue weighted by atomic mass is 9.97. The van der Waals surface area contributed by atoms with Crippen LogP contribution in [-0.2, 0) is 16.0 Å². The van der Waals surface area contributed by atoms with Crippen LogP contribution in [0, 0.1) is 0 Å². The van der Waals surface area contributed by atoms with Crippen molar-refractivity contribution in [1.29, 1.82) is 0 Å². The number of hydrogen-bond donors (Lipinski definition) is 1. The Hall–Kier alpha value is -2.67. The average molecular weight is 383 g/mol. The third-order valence-electron chi connectivity index (χ3n) is 5.17. The molecule has 7 heteroatoms. The molecule has 140 valence electrons. The molecule has 3 amide bonds. The van der Waals surface area contributed by atoms with Gasteiger partial charge in [0.15, 0.2) is 0 Å². The summed E-state index contributed by atoms with van der Waals surface area (Å²) >= 11 is 1.76. The molecule has 2 aromatic rings. The number of hydrogen-bond acceptors (Lipinski definition) is 4. The van der Waals surface area contributed by atoms with Crippen LogP contribution in [0.2, 0.25) is 0 Å². The molecule has 1 aromatic carbocycles. The Morgan fingerprint density at radius 3 is 2.67 bits per heavy atom. The lowest BCUT2D eigenvalue weighted by Gasteiger charge is -2.35. The highest BCUT2D eigenvalue weighted by molar-refractivity contribution is 7.10. The molecule has 0 saturated carbocycles. The van der Waals surface area contributed by atoms with Gasteiger partial charge in [0.1, 0.15) is 0 Å². The molecule has 0 radical (unpaired) electrons. The molecular formula is C20H21N3O3S. The summed E-state index contributed by atoms with van der Waals surface area (Å²) in [5.41, 5.74) is 4.99. The van der Waals surface area contributed by atoms with Gasteiger partial charge in [-0.3, -0.25) is 19.8 Å². The predicted molar refractivity (Wildman–Crippen MR) is 103 cm³/mol. The zero-order valence-electron chi connectivity index (χ0n) is 15.1. The predicted octanol–water partition coefficient (Wildman–Crippen LogP) is 3.06. The molecule has 4 rings (SSSR count). The minimum atomic E-state index is -0.180. The van der Waals surface area contributed by atoms with Gasteiger partial charge < -0.3 is 4.90 Å². The molecule has 3 heterocycles. The van der Waals surface area contributed by atoms with E-state index in [9.17, 15) is 14.4 Å². The Labute approximate surface area is 161 Å². The van der Waals surface area contributed by atoms with Crippen LogP contribution in [0.1, 0.15) is 53.0 Å². The molecule has 1 fully saturated rings. The normalized spacial score (nSPS) is 19.7. The van der Waals surface area contributed by atoms with Gasteiger partial charge in [0.05, 0.1) is 11.7 Å². The van der Waals surface area contributed by atoms with Crippen molar-refractivity contribution in [1.82, 2.24) is 10.3 Å². The number of hydrazine groups is 1. The minimum absolute atomic E-state index is 0.000689. The maximum atomic E-state index is 13.1. The third-order valence-corrected chi connectivity index (χ3v) is 6.16. The molecule has 2 aliphatic rings. The molecule has 1 N–H and O–H groups in total. The number of thiophene rings is 1. The van der Waals surface area contributed by atoms with Crippen molar-refractivity contribution >= 4 is 34.7 Å². The van der Waals surface area contributed by atoms with Gasteiger partial charge in [-0.25, -0.2) is 5.01 Å². The van der Waals surface area contributed by atoms with E-state index in [4.69, 9.17) is 0 Å². The van der Waals surface area contributed by atoms with Gasteiger partial charge in [0.25, 0.3) is 5.91 Å². The molecule has 27 heavy (non-hydrogen) atoms. The van der Waals surface area contributed by atoms with E-state index in [-0.39, 0.29) is 36.6 Å². The van der Waals surface area contributed by atoms with E-state index < -0.39 is 0 Å².